The summed E-state index contributed by atoms with van der Waals surface area (Å²) in [6.45, 7) is 5.11. The number of benzene rings is 1. The molecule has 0 unspecified atom stereocenters. The fraction of sp³-hybridized carbons (Fsp3) is 0.357. The number of hydrogen-bond donors (Lipinski definition) is 2. The maximum atomic E-state index is 13.1. The topological polar surface area (TPSA) is 40.7 Å². The van der Waals surface area contributed by atoms with E-state index in [4.69, 9.17) is 0 Å². The third-order valence-electron chi connectivity index (χ3n) is 2.68. The van der Waals surface area contributed by atoms with Crippen LogP contribution in [0, 0.1) is 5.82 Å². The Hall–Kier alpha value is -1.68. The van der Waals surface area contributed by atoms with Crippen LogP contribution in [0.5, 0.6) is 0 Å². The van der Waals surface area contributed by atoms with Gasteiger partial charge >= 0.3 is 0 Å². The highest BCUT2D eigenvalue weighted by Gasteiger charge is 2.04. The van der Waals surface area contributed by atoms with Crippen LogP contribution in [0.15, 0.2) is 30.5 Å². The molecular formula is C14H18FN3. The van der Waals surface area contributed by atoms with Gasteiger partial charge in [-0.25, -0.2) is 9.37 Å². The van der Waals surface area contributed by atoms with Crippen molar-refractivity contribution in [1.29, 1.82) is 0 Å². The van der Waals surface area contributed by atoms with Crippen molar-refractivity contribution < 1.29 is 4.39 Å². The summed E-state index contributed by atoms with van der Waals surface area (Å²) in [6, 6.07) is 6.98. The van der Waals surface area contributed by atoms with E-state index >= 15 is 0 Å². The molecule has 0 fully saturated rings. The SMILES string of the molecule is CC(C)NCCc1ncc(-c2cccc(F)c2)[nH]1. The largest absolute Gasteiger partial charge is 0.342 e. The number of nitrogens with one attached hydrogen (secondary N) is 2. The van der Waals surface area contributed by atoms with Gasteiger partial charge < -0.3 is 10.3 Å². The molecule has 0 aliphatic carbocycles. The van der Waals surface area contributed by atoms with Crippen LogP contribution >= 0.6 is 0 Å². The Morgan fingerprint density at radius 1 is 1.39 bits per heavy atom. The Labute approximate surface area is 106 Å². The first-order chi connectivity index (χ1) is 8.65. The van der Waals surface area contributed by atoms with E-state index in [1.165, 1.54) is 12.1 Å². The molecule has 0 saturated heterocycles. The second kappa shape index (κ2) is 5.78. The number of imidazole rings is 1. The summed E-state index contributed by atoms with van der Waals surface area (Å²) >= 11 is 0. The van der Waals surface area contributed by atoms with E-state index in [0.717, 1.165) is 30.0 Å². The molecule has 0 atom stereocenters. The lowest BCUT2D eigenvalue weighted by Gasteiger charge is -2.05. The highest BCUT2D eigenvalue weighted by atomic mass is 19.1. The molecule has 0 spiro atoms. The van der Waals surface area contributed by atoms with Crippen molar-refractivity contribution in [1.82, 2.24) is 15.3 Å². The minimum absolute atomic E-state index is 0.231. The molecule has 1 aromatic heterocycles. The molecule has 0 aliphatic heterocycles. The molecule has 0 amide bonds. The monoisotopic (exact) mass is 247 g/mol. The van der Waals surface area contributed by atoms with Crippen LogP contribution in [0.25, 0.3) is 11.3 Å². The number of aromatic nitrogens is 2. The van der Waals surface area contributed by atoms with Crippen molar-refractivity contribution in [2.24, 2.45) is 0 Å². The zero-order chi connectivity index (χ0) is 13.0. The minimum Gasteiger partial charge on any atom is -0.342 e. The normalized spacial score (nSPS) is 11.1. The van der Waals surface area contributed by atoms with Crippen molar-refractivity contribution >= 4 is 0 Å². The number of nitrogens with zero attached hydrogens (tertiary/aromatic N) is 1. The van der Waals surface area contributed by atoms with Gasteiger partial charge in [0, 0.05) is 24.6 Å². The number of aromatic amines is 1. The lowest BCUT2D eigenvalue weighted by Crippen LogP contribution is -2.25. The van der Waals surface area contributed by atoms with Gasteiger partial charge in [-0.2, -0.15) is 0 Å². The van der Waals surface area contributed by atoms with Crippen molar-refractivity contribution in [3.63, 3.8) is 0 Å². The van der Waals surface area contributed by atoms with E-state index in [0.29, 0.717) is 6.04 Å². The highest BCUT2D eigenvalue weighted by Crippen LogP contribution is 2.17. The van der Waals surface area contributed by atoms with Crippen LogP contribution in [0.3, 0.4) is 0 Å². The third-order valence-corrected chi connectivity index (χ3v) is 2.68. The first-order valence-electron chi connectivity index (χ1n) is 6.18. The van der Waals surface area contributed by atoms with Crippen LogP contribution in [0.1, 0.15) is 19.7 Å². The van der Waals surface area contributed by atoms with Crippen molar-refractivity contribution in [2.75, 3.05) is 6.54 Å². The van der Waals surface area contributed by atoms with Crippen molar-refractivity contribution in [2.45, 2.75) is 26.3 Å². The fourth-order valence-electron chi connectivity index (χ4n) is 1.77. The van der Waals surface area contributed by atoms with E-state index in [2.05, 4.69) is 29.1 Å². The summed E-state index contributed by atoms with van der Waals surface area (Å²) < 4.78 is 13.1. The molecule has 2 aromatic rings. The van der Waals surface area contributed by atoms with Gasteiger partial charge in [-0.05, 0) is 12.1 Å². The Balaban J connectivity index is 2.02. The Kier molecular flexibility index (Phi) is 4.10. The molecule has 3 nitrogen and oxygen atoms in total. The average molecular weight is 247 g/mol. The van der Waals surface area contributed by atoms with Crippen LogP contribution in [-0.4, -0.2) is 22.6 Å². The third kappa shape index (κ3) is 3.40. The maximum absolute atomic E-state index is 13.1. The van der Waals surface area contributed by atoms with E-state index < -0.39 is 0 Å². The van der Waals surface area contributed by atoms with Crippen molar-refractivity contribution in [3.8, 4) is 11.3 Å². The van der Waals surface area contributed by atoms with Gasteiger partial charge in [0.2, 0.25) is 0 Å². The number of rotatable bonds is 5. The van der Waals surface area contributed by atoms with Gasteiger partial charge in [0.15, 0.2) is 0 Å². The molecule has 96 valence electrons. The van der Waals surface area contributed by atoms with Crippen LogP contribution in [0.4, 0.5) is 4.39 Å². The van der Waals surface area contributed by atoms with Gasteiger partial charge in [-0.1, -0.05) is 26.0 Å². The first-order valence-corrected chi connectivity index (χ1v) is 6.18. The average Bonchev–Trinajstić information content (AvgIpc) is 2.77. The van der Waals surface area contributed by atoms with Gasteiger partial charge in [0.05, 0.1) is 11.9 Å². The first kappa shape index (κ1) is 12.8. The number of halogens is 1. The van der Waals surface area contributed by atoms with E-state index in [1.807, 2.05) is 6.07 Å². The quantitative estimate of drug-likeness (QED) is 0.853. The fourth-order valence-corrected chi connectivity index (χ4v) is 1.77. The molecular weight excluding hydrogens is 229 g/mol. The Bertz CT molecular complexity index is 505. The molecule has 0 aliphatic rings. The van der Waals surface area contributed by atoms with Crippen molar-refractivity contribution in [3.05, 3.63) is 42.1 Å². The van der Waals surface area contributed by atoms with E-state index in [1.54, 1.807) is 12.3 Å². The Morgan fingerprint density at radius 2 is 2.22 bits per heavy atom. The lowest BCUT2D eigenvalue weighted by molar-refractivity contribution is 0.584. The van der Waals surface area contributed by atoms with Crippen LogP contribution in [0.2, 0.25) is 0 Å². The minimum atomic E-state index is -0.231. The molecule has 4 heteroatoms. The summed E-state index contributed by atoms with van der Waals surface area (Å²) in [6.07, 6.45) is 2.59. The maximum Gasteiger partial charge on any atom is 0.123 e. The molecule has 1 aromatic carbocycles. The molecule has 18 heavy (non-hydrogen) atoms. The molecule has 2 N–H and O–H groups in total. The predicted octanol–water partition coefficient (Wildman–Crippen LogP) is 2.76. The Morgan fingerprint density at radius 3 is 2.94 bits per heavy atom. The summed E-state index contributed by atoms with van der Waals surface area (Å²) in [5, 5.41) is 3.33. The second-order valence-corrected chi connectivity index (χ2v) is 4.61. The van der Waals surface area contributed by atoms with E-state index in [9.17, 15) is 4.39 Å². The molecule has 2 rings (SSSR count). The zero-order valence-corrected chi connectivity index (χ0v) is 10.7. The summed E-state index contributed by atoms with van der Waals surface area (Å²) in [4.78, 5) is 7.51. The van der Waals surface area contributed by atoms with Gasteiger partial charge in [0.25, 0.3) is 0 Å². The van der Waals surface area contributed by atoms with Crippen LogP contribution in [-0.2, 0) is 6.42 Å². The van der Waals surface area contributed by atoms with E-state index in [-0.39, 0.29) is 5.82 Å². The van der Waals surface area contributed by atoms with Gasteiger partial charge in [-0.15, -0.1) is 0 Å². The molecule has 0 saturated carbocycles. The highest BCUT2D eigenvalue weighted by molar-refractivity contribution is 5.58. The summed E-state index contributed by atoms with van der Waals surface area (Å²) in [5.41, 5.74) is 1.68. The summed E-state index contributed by atoms with van der Waals surface area (Å²) in [7, 11) is 0. The summed E-state index contributed by atoms with van der Waals surface area (Å²) in [5.74, 6) is 0.688. The molecule has 0 radical (unpaired) electrons. The number of H-pyrrole nitrogens is 1. The standard InChI is InChI=1S/C14H18FN3/c1-10(2)16-7-6-14-17-9-13(18-14)11-4-3-5-12(15)8-11/h3-5,8-10,16H,6-7H2,1-2H3,(H,17,18). The lowest BCUT2D eigenvalue weighted by atomic mass is 10.2. The van der Waals surface area contributed by atoms with Gasteiger partial charge in [0.1, 0.15) is 11.6 Å². The second-order valence-electron chi connectivity index (χ2n) is 4.61. The van der Waals surface area contributed by atoms with Gasteiger partial charge in [-0.3, -0.25) is 0 Å². The van der Waals surface area contributed by atoms with Crippen LogP contribution < -0.4 is 5.32 Å². The smallest absolute Gasteiger partial charge is 0.123 e. The zero-order valence-electron chi connectivity index (χ0n) is 10.7. The number of hydrogen-bond acceptors (Lipinski definition) is 2. The molecule has 0 bridgehead atoms. The predicted molar refractivity (Wildman–Crippen MR) is 70.8 cm³/mol. The molecule has 1 heterocycles.